The molecule has 110 valence electrons. The summed E-state index contributed by atoms with van der Waals surface area (Å²) in [5, 5.41) is 7.09. The van der Waals surface area contributed by atoms with Crippen molar-refractivity contribution in [2.24, 2.45) is 5.41 Å². The van der Waals surface area contributed by atoms with Gasteiger partial charge in [0, 0.05) is 12.2 Å². The predicted octanol–water partition coefficient (Wildman–Crippen LogP) is 1.97. The Hall–Kier alpha value is -2.24. The van der Waals surface area contributed by atoms with E-state index in [9.17, 15) is 4.79 Å². The van der Waals surface area contributed by atoms with Gasteiger partial charge in [-0.25, -0.2) is 14.6 Å². The number of amides is 1. The van der Waals surface area contributed by atoms with Crippen LogP contribution >= 0.6 is 0 Å². The Morgan fingerprint density at radius 3 is 2.86 bits per heavy atom. The molecule has 1 aliphatic rings. The normalized spacial score (nSPS) is 20.4. The molecule has 2 aromatic heterocycles. The van der Waals surface area contributed by atoms with Crippen LogP contribution in [0.4, 0.5) is 0 Å². The molecule has 1 N–H and O–H groups in total. The molecule has 0 aliphatic heterocycles. The molecule has 6 nitrogen and oxygen atoms in total. The highest BCUT2D eigenvalue weighted by Crippen LogP contribution is 2.36. The molecular weight excluding hydrogens is 266 g/mol. The number of carbonyl (C=O) groups is 1. The van der Waals surface area contributed by atoms with Gasteiger partial charge in [-0.2, -0.15) is 5.10 Å². The van der Waals surface area contributed by atoms with Crippen molar-refractivity contribution in [2.75, 3.05) is 0 Å². The zero-order valence-corrected chi connectivity index (χ0v) is 12.3. The van der Waals surface area contributed by atoms with Gasteiger partial charge in [-0.15, -0.1) is 0 Å². The summed E-state index contributed by atoms with van der Waals surface area (Å²) < 4.78 is 1.56. The summed E-state index contributed by atoms with van der Waals surface area (Å²) in [4.78, 5) is 20.3. The number of nitrogens with zero attached hydrogens (tertiary/aromatic N) is 4. The van der Waals surface area contributed by atoms with Gasteiger partial charge in [0.25, 0.3) is 5.91 Å². The molecule has 1 saturated carbocycles. The highest BCUT2D eigenvalue weighted by atomic mass is 16.1. The Morgan fingerprint density at radius 2 is 2.29 bits per heavy atom. The van der Waals surface area contributed by atoms with E-state index in [0.29, 0.717) is 16.8 Å². The number of nitrogens with one attached hydrogen (secondary N) is 1. The van der Waals surface area contributed by atoms with Crippen LogP contribution in [0, 0.1) is 5.41 Å². The molecule has 6 heteroatoms. The van der Waals surface area contributed by atoms with Crippen LogP contribution in [0.5, 0.6) is 0 Å². The second-order valence-electron chi connectivity index (χ2n) is 6.32. The fourth-order valence-electron chi connectivity index (χ4n) is 2.81. The molecule has 1 atom stereocenters. The third kappa shape index (κ3) is 3.09. The lowest BCUT2D eigenvalue weighted by molar-refractivity contribution is 0.0935. The van der Waals surface area contributed by atoms with Crippen LogP contribution in [0.3, 0.4) is 0 Å². The Bertz CT molecular complexity index is 618. The summed E-state index contributed by atoms with van der Waals surface area (Å²) in [5.74, 6) is 0.585. The van der Waals surface area contributed by atoms with Crippen LogP contribution in [0.1, 0.15) is 43.5 Å². The minimum atomic E-state index is -0.0599. The number of hydrogen-bond donors (Lipinski definition) is 1. The summed E-state index contributed by atoms with van der Waals surface area (Å²) in [6.07, 6.45) is 7.83. The first-order chi connectivity index (χ1) is 10.0. The topological polar surface area (TPSA) is 72.7 Å². The second kappa shape index (κ2) is 5.27. The molecular formula is C15H19N5O. The predicted molar refractivity (Wildman–Crippen MR) is 78.0 cm³/mol. The summed E-state index contributed by atoms with van der Waals surface area (Å²) in [7, 11) is 0. The number of aromatic nitrogens is 4. The molecule has 1 fully saturated rings. The summed E-state index contributed by atoms with van der Waals surface area (Å²) in [6, 6.07) is 3.80. The average Bonchev–Trinajstić information content (AvgIpc) is 3.09. The van der Waals surface area contributed by atoms with Crippen LogP contribution in [0.15, 0.2) is 31.0 Å². The van der Waals surface area contributed by atoms with Crippen molar-refractivity contribution in [1.29, 1.82) is 0 Å². The molecule has 0 aromatic carbocycles. The monoisotopic (exact) mass is 285 g/mol. The highest BCUT2D eigenvalue weighted by Gasteiger charge is 2.31. The van der Waals surface area contributed by atoms with Crippen molar-refractivity contribution in [3.05, 3.63) is 36.5 Å². The zero-order chi connectivity index (χ0) is 14.9. The van der Waals surface area contributed by atoms with Crippen molar-refractivity contribution in [3.63, 3.8) is 0 Å². The standard InChI is InChI=1S/C15H19N5O/c1-15(2)6-5-12(7-15)19-14(21)11-3-4-13(17-8-11)20-10-16-9-18-20/h3-4,8-10,12H,5-7H2,1-2H3,(H,19,21). The van der Waals surface area contributed by atoms with Gasteiger partial charge in [-0.05, 0) is 36.8 Å². The maximum Gasteiger partial charge on any atom is 0.253 e. The largest absolute Gasteiger partial charge is 0.349 e. The van der Waals surface area contributed by atoms with Gasteiger partial charge >= 0.3 is 0 Å². The van der Waals surface area contributed by atoms with Crippen molar-refractivity contribution in [3.8, 4) is 5.82 Å². The Morgan fingerprint density at radius 1 is 1.43 bits per heavy atom. The van der Waals surface area contributed by atoms with Gasteiger partial charge in [0.1, 0.15) is 12.7 Å². The maximum atomic E-state index is 12.2. The number of hydrogen-bond acceptors (Lipinski definition) is 4. The van der Waals surface area contributed by atoms with E-state index in [1.165, 1.54) is 6.33 Å². The quantitative estimate of drug-likeness (QED) is 0.935. The minimum Gasteiger partial charge on any atom is -0.349 e. The first-order valence-electron chi connectivity index (χ1n) is 7.15. The third-order valence-corrected chi connectivity index (χ3v) is 3.97. The molecule has 0 bridgehead atoms. The van der Waals surface area contributed by atoms with Crippen LogP contribution in [0.25, 0.3) is 5.82 Å². The Balaban J connectivity index is 1.65. The van der Waals surface area contributed by atoms with E-state index in [4.69, 9.17) is 0 Å². The van der Waals surface area contributed by atoms with E-state index < -0.39 is 0 Å². The summed E-state index contributed by atoms with van der Waals surface area (Å²) in [5.41, 5.74) is 0.899. The van der Waals surface area contributed by atoms with Gasteiger partial charge in [-0.1, -0.05) is 13.8 Å². The molecule has 0 saturated heterocycles. The lowest BCUT2D eigenvalue weighted by Crippen LogP contribution is -2.33. The molecule has 2 heterocycles. The Kier molecular flexibility index (Phi) is 3.45. The first kappa shape index (κ1) is 13.7. The van der Waals surface area contributed by atoms with Crippen LogP contribution in [-0.4, -0.2) is 31.7 Å². The molecule has 1 unspecified atom stereocenters. The Labute approximate surface area is 123 Å². The maximum absolute atomic E-state index is 12.2. The lowest BCUT2D eigenvalue weighted by atomic mass is 9.92. The fourth-order valence-corrected chi connectivity index (χ4v) is 2.81. The van der Waals surface area contributed by atoms with Gasteiger partial charge < -0.3 is 5.32 Å². The van der Waals surface area contributed by atoms with Crippen molar-refractivity contribution < 1.29 is 4.79 Å². The van der Waals surface area contributed by atoms with Crippen molar-refractivity contribution in [2.45, 2.75) is 39.2 Å². The average molecular weight is 285 g/mol. The van der Waals surface area contributed by atoms with Crippen LogP contribution < -0.4 is 5.32 Å². The first-order valence-corrected chi connectivity index (χ1v) is 7.15. The number of rotatable bonds is 3. The molecule has 0 spiro atoms. The molecule has 1 amide bonds. The van der Waals surface area contributed by atoms with Gasteiger partial charge in [0.05, 0.1) is 5.56 Å². The van der Waals surface area contributed by atoms with E-state index in [1.54, 1.807) is 29.3 Å². The van der Waals surface area contributed by atoms with Gasteiger partial charge in [-0.3, -0.25) is 4.79 Å². The van der Waals surface area contributed by atoms with Crippen molar-refractivity contribution >= 4 is 5.91 Å². The SMILES string of the molecule is CC1(C)CCC(NC(=O)c2ccc(-n3cncn3)nc2)C1. The highest BCUT2D eigenvalue weighted by molar-refractivity contribution is 5.94. The zero-order valence-electron chi connectivity index (χ0n) is 12.3. The lowest BCUT2D eigenvalue weighted by Gasteiger charge is -2.17. The van der Waals surface area contributed by atoms with Crippen molar-refractivity contribution in [1.82, 2.24) is 25.1 Å². The summed E-state index contributed by atoms with van der Waals surface area (Å²) >= 11 is 0. The molecule has 2 aromatic rings. The van der Waals surface area contributed by atoms with Crippen LogP contribution in [0.2, 0.25) is 0 Å². The fraction of sp³-hybridized carbons (Fsp3) is 0.467. The number of carbonyl (C=O) groups excluding carboxylic acids is 1. The molecule has 0 radical (unpaired) electrons. The van der Waals surface area contributed by atoms with Gasteiger partial charge in [0.2, 0.25) is 0 Å². The van der Waals surface area contributed by atoms with E-state index in [2.05, 4.69) is 34.2 Å². The number of pyridine rings is 1. The van der Waals surface area contributed by atoms with E-state index >= 15 is 0 Å². The molecule has 1 aliphatic carbocycles. The smallest absolute Gasteiger partial charge is 0.253 e. The van der Waals surface area contributed by atoms with E-state index in [-0.39, 0.29) is 11.9 Å². The van der Waals surface area contributed by atoms with E-state index in [1.807, 2.05) is 0 Å². The third-order valence-electron chi connectivity index (χ3n) is 3.97. The van der Waals surface area contributed by atoms with Crippen LogP contribution in [-0.2, 0) is 0 Å². The molecule has 3 rings (SSSR count). The minimum absolute atomic E-state index is 0.0599. The summed E-state index contributed by atoms with van der Waals surface area (Å²) in [6.45, 7) is 4.49. The molecule has 21 heavy (non-hydrogen) atoms. The van der Waals surface area contributed by atoms with E-state index in [0.717, 1.165) is 19.3 Å². The van der Waals surface area contributed by atoms with Gasteiger partial charge in [0.15, 0.2) is 5.82 Å². The second-order valence-corrected chi connectivity index (χ2v) is 6.32.